The Kier molecular flexibility index (Phi) is 3.10. The standard InChI is InChI=1S/C16H14N2O3/c1-18(2)12-6-3-10(4-7-12)15-17-13-8-5-11(16(19)20)9-14(13)21-15/h3-9H,1-2H3,(H,19,20). The summed E-state index contributed by atoms with van der Waals surface area (Å²) in [6, 6.07) is 12.5. The van der Waals surface area contributed by atoms with Crippen LogP contribution in [0.15, 0.2) is 46.9 Å². The van der Waals surface area contributed by atoms with Crippen LogP contribution in [0.1, 0.15) is 10.4 Å². The third-order valence-corrected chi connectivity index (χ3v) is 3.27. The number of aromatic nitrogens is 1. The molecule has 21 heavy (non-hydrogen) atoms. The Morgan fingerprint density at radius 3 is 2.48 bits per heavy atom. The van der Waals surface area contributed by atoms with Gasteiger partial charge in [0, 0.05) is 25.3 Å². The zero-order valence-electron chi connectivity index (χ0n) is 11.7. The van der Waals surface area contributed by atoms with E-state index in [0.717, 1.165) is 11.3 Å². The Morgan fingerprint density at radius 1 is 1.14 bits per heavy atom. The van der Waals surface area contributed by atoms with Crippen LogP contribution in [-0.2, 0) is 0 Å². The number of carboxylic acids is 1. The van der Waals surface area contributed by atoms with Crippen LogP contribution in [0.3, 0.4) is 0 Å². The molecule has 0 atom stereocenters. The minimum Gasteiger partial charge on any atom is -0.478 e. The fourth-order valence-electron chi connectivity index (χ4n) is 2.08. The molecule has 3 aromatic rings. The van der Waals surface area contributed by atoms with Crippen LogP contribution >= 0.6 is 0 Å². The molecular weight excluding hydrogens is 268 g/mol. The summed E-state index contributed by atoms with van der Waals surface area (Å²) in [4.78, 5) is 17.3. The topological polar surface area (TPSA) is 66.6 Å². The average molecular weight is 282 g/mol. The van der Waals surface area contributed by atoms with Crippen molar-refractivity contribution in [2.45, 2.75) is 0 Å². The molecule has 0 saturated heterocycles. The van der Waals surface area contributed by atoms with Gasteiger partial charge in [-0.15, -0.1) is 0 Å². The number of carbonyl (C=O) groups is 1. The molecule has 3 rings (SSSR count). The summed E-state index contributed by atoms with van der Waals surface area (Å²) in [5.41, 5.74) is 3.25. The highest BCUT2D eigenvalue weighted by molar-refractivity contribution is 5.92. The molecule has 0 saturated carbocycles. The molecule has 0 bridgehead atoms. The van der Waals surface area contributed by atoms with Gasteiger partial charge in [-0.05, 0) is 42.5 Å². The first-order valence-corrected chi connectivity index (χ1v) is 6.46. The number of fused-ring (bicyclic) bond motifs is 1. The van der Waals surface area contributed by atoms with Crippen molar-refractivity contribution in [3.8, 4) is 11.5 Å². The van der Waals surface area contributed by atoms with E-state index < -0.39 is 5.97 Å². The van der Waals surface area contributed by atoms with E-state index in [2.05, 4.69) is 4.98 Å². The van der Waals surface area contributed by atoms with Gasteiger partial charge in [0.1, 0.15) is 5.52 Å². The number of rotatable bonds is 3. The van der Waals surface area contributed by atoms with Crippen LogP contribution in [0.4, 0.5) is 5.69 Å². The van der Waals surface area contributed by atoms with E-state index in [1.807, 2.05) is 43.3 Å². The first-order chi connectivity index (χ1) is 10.0. The molecule has 1 aromatic heterocycles. The van der Waals surface area contributed by atoms with Gasteiger partial charge < -0.3 is 14.4 Å². The van der Waals surface area contributed by atoms with Crippen LogP contribution in [-0.4, -0.2) is 30.2 Å². The minimum atomic E-state index is -0.981. The second kappa shape index (κ2) is 4.94. The van der Waals surface area contributed by atoms with E-state index in [1.54, 1.807) is 6.07 Å². The van der Waals surface area contributed by atoms with Crippen LogP contribution < -0.4 is 4.90 Å². The fourth-order valence-corrected chi connectivity index (χ4v) is 2.08. The molecule has 0 aliphatic heterocycles. The Labute approximate surface area is 121 Å². The Balaban J connectivity index is 2.02. The molecule has 1 N–H and O–H groups in total. The SMILES string of the molecule is CN(C)c1ccc(-c2nc3ccc(C(=O)O)cc3o2)cc1. The molecular formula is C16H14N2O3. The van der Waals surface area contributed by atoms with Crippen molar-refractivity contribution in [3.63, 3.8) is 0 Å². The van der Waals surface area contributed by atoms with Crippen molar-refractivity contribution in [2.75, 3.05) is 19.0 Å². The van der Waals surface area contributed by atoms with Crippen LogP contribution in [0, 0.1) is 0 Å². The van der Waals surface area contributed by atoms with Gasteiger partial charge in [-0.3, -0.25) is 0 Å². The monoisotopic (exact) mass is 282 g/mol. The number of anilines is 1. The van der Waals surface area contributed by atoms with Gasteiger partial charge in [0.15, 0.2) is 5.58 Å². The van der Waals surface area contributed by atoms with Gasteiger partial charge in [-0.25, -0.2) is 9.78 Å². The predicted octanol–water partition coefficient (Wildman–Crippen LogP) is 3.26. The van der Waals surface area contributed by atoms with Crippen molar-refractivity contribution in [1.29, 1.82) is 0 Å². The number of benzene rings is 2. The smallest absolute Gasteiger partial charge is 0.335 e. The highest BCUT2D eigenvalue weighted by Gasteiger charge is 2.11. The summed E-state index contributed by atoms with van der Waals surface area (Å²) < 4.78 is 5.66. The molecule has 0 aliphatic rings. The van der Waals surface area contributed by atoms with E-state index in [4.69, 9.17) is 9.52 Å². The van der Waals surface area contributed by atoms with Gasteiger partial charge >= 0.3 is 5.97 Å². The van der Waals surface area contributed by atoms with E-state index in [1.165, 1.54) is 12.1 Å². The number of oxazole rings is 1. The Bertz CT molecular complexity index is 804. The lowest BCUT2D eigenvalue weighted by Crippen LogP contribution is -2.07. The summed E-state index contributed by atoms with van der Waals surface area (Å²) >= 11 is 0. The van der Waals surface area contributed by atoms with Crippen molar-refractivity contribution >= 4 is 22.8 Å². The third kappa shape index (κ3) is 2.45. The van der Waals surface area contributed by atoms with Crippen LogP contribution in [0.2, 0.25) is 0 Å². The third-order valence-electron chi connectivity index (χ3n) is 3.27. The normalized spacial score (nSPS) is 10.8. The largest absolute Gasteiger partial charge is 0.478 e. The van der Waals surface area contributed by atoms with E-state index in [-0.39, 0.29) is 5.56 Å². The summed E-state index contributed by atoms with van der Waals surface area (Å²) in [6.07, 6.45) is 0. The summed E-state index contributed by atoms with van der Waals surface area (Å²) in [5.74, 6) is -0.497. The molecule has 0 fully saturated rings. The van der Waals surface area contributed by atoms with Crippen molar-refractivity contribution in [2.24, 2.45) is 0 Å². The first kappa shape index (κ1) is 13.2. The van der Waals surface area contributed by atoms with Crippen LogP contribution in [0.25, 0.3) is 22.6 Å². The molecule has 5 nitrogen and oxygen atoms in total. The Morgan fingerprint density at radius 2 is 1.86 bits per heavy atom. The minimum absolute atomic E-state index is 0.188. The highest BCUT2D eigenvalue weighted by atomic mass is 16.4. The average Bonchev–Trinajstić information content (AvgIpc) is 2.90. The van der Waals surface area contributed by atoms with Gasteiger partial charge in [0.2, 0.25) is 5.89 Å². The lowest BCUT2D eigenvalue weighted by atomic mass is 10.2. The molecule has 106 valence electrons. The van der Waals surface area contributed by atoms with Gasteiger partial charge in [0.25, 0.3) is 0 Å². The number of aromatic carboxylic acids is 1. The second-order valence-corrected chi connectivity index (χ2v) is 4.95. The molecule has 0 amide bonds. The maximum Gasteiger partial charge on any atom is 0.335 e. The summed E-state index contributed by atoms with van der Waals surface area (Å²) in [6.45, 7) is 0. The highest BCUT2D eigenvalue weighted by Crippen LogP contribution is 2.26. The lowest BCUT2D eigenvalue weighted by Gasteiger charge is -2.11. The van der Waals surface area contributed by atoms with Gasteiger partial charge in [-0.2, -0.15) is 0 Å². The van der Waals surface area contributed by atoms with Gasteiger partial charge in [-0.1, -0.05) is 0 Å². The molecule has 0 radical (unpaired) electrons. The number of nitrogens with zero attached hydrogens (tertiary/aromatic N) is 2. The predicted molar refractivity (Wildman–Crippen MR) is 80.7 cm³/mol. The van der Waals surface area contributed by atoms with E-state index >= 15 is 0 Å². The number of hydrogen-bond donors (Lipinski definition) is 1. The van der Waals surface area contributed by atoms with E-state index in [0.29, 0.717) is 17.0 Å². The molecule has 0 unspecified atom stereocenters. The quantitative estimate of drug-likeness (QED) is 0.798. The molecule has 1 heterocycles. The first-order valence-electron chi connectivity index (χ1n) is 6.46. The van der Waals surface area contributed by atoms with Crippen LogP contribution in [0.5, 0.6) is 0 Å². The molecule has 5 heteroatoms. The lowest BCUT2D eigenvalue weighted by molar-refractivity contribution is 0.0697. The Hall–Kier alpha value is -2.82. The van der Waals surface area contributed by atoms with Crippen molar-refractivity contribution < 1.29 is 14.3 Å². The number of hydrogen-bond acceptors (Lipinski definition) is 4. The van der Waals surface area contributed by atoms with Crippen molar-refractivity contribution in [1.82, 2.24) is 4.98 Å². The zero-order chi connectivity index (χ0) is 15.0. The summed E-state index contributed by atoms with van der Waals surface area (Å²) in [7, 11) is 3.95. The molecule has 0 aliphatic carbocycles. The van der Waals surface area contributed by atoms with E-state index in [9.17, 15) is 4.79 Å². The molecule has 0 spiro atoms. The van der Waals surface area contributed by atoms with Crippen molar-refractivity contribution in [3.05, 3.63) is 48.0 Å². The van der Waals surface area contributed by atoms with Gasteiger partial charge in [0.05, 0.1) is 5.56 Å². The maximum atomic E-state index is 11.0. The summed E-state index contributed by atoms with van der Waals surface area (Å²) in [5, 5.41) is 8.98. The number of carboxylic acid groups (broad SMARTS) is 1. The fraction of sp³-hybridized carbons (Fsp3) is 0.125. The molecule has 2 aromatic carbocycles. The zero-order valence-corrected chi connectivity index (χ0v) is 11.7. The second-order valence-electron chi connectivity index (χ2n) is 4.95. The maximum absolute atomic E-state index is 11.0.